The molecule has 128 valence electrons. The molecule has 2 N–H and O–H groups in total. The molecule has 1 aliphatic heterocycles. The fourth-order valence-corrected chi connectivity index (χ4v) is 3.52. The second-order valence-corrected chi connectivity index (χ2v) is 6.64. The van der Waals surface area contributed by atoms with Crippen LogP contribution in [-0.4, -0.2) is 28.5 Å². The predicted molar refractivity (Wildman–Crippen MR) is 94.9 cm³/mol. The molecule has 0 spiro atoms. The van der Waals surface area contributed by atoms with Crippen LogP contribution in [0.4, 0.5) is 0 Å². The average molecular weight is 310 g/mol. The molecule has 3 nitrogen and oxygen atoms in total. The van der Waals surface area contributed by atoms with Gasteiger partial charge >= 0.3 is 0 Å². The molecule has 3 heteroatoms. The summed E-state index contributed by atoms with van der Waals surface area (Å²) in [5, 5.41) is 13.5. The molecule has 0 aromatic carbocycles. The van der Waals surface area contributed by atoms with E-state index in [9.17, 15) is 5.11 Å². The summed E-state index contributed by atoms with van der Waals surface area (Å²) in [5.41, 5.74) is 0. The molecule has 0 radical (unpaired) electrons. The van der Waals surface area contributed by atoms with Gasteiger partial charge in [-0.15, -0.1) is 6.58 Å². The van der Waals surface area contributed by atoms with E-state index >= 15 is 0 Å². The third kappa shape index (κ3) is 5.77. The number of nitrogens with zero attached hydrogens (tertiary/aromatic N) is 1. The van der Waals surface area contributed by atoms with Crippen molar-refractivity contribution in [1.82, 2.24) is 5.32 Å². The Morgan fingerprint density at radius 1 is 1.14 bits per heavy atom. The zero-order valence-electron chi connectivity index (χ0n) is 14.8. The minimum Gasteiger partial charge on any atom is -0.345 e. The van der Waals surface area contributed by atoms with Crippen LogP contribution in [0, 0.1) is 0 Å². The van der Waals surface area contributed by atoms with E-state index < -0.39 is 0 Å². The molecule has 1 aliphatic rings. The predicted octanol–water partition coefficient (Wildman–Crippen LogP) is 4.65. The molecule has 0 aromatic heterocycles. The number of aliphatic hydroxyl groups is 1. The minimum atomic E-state index is -0.336. The highest BCUT2D eigenvalue weighted by atomic mass is 16.3. The molecular formula is C19H37N2O+. The molecule has 0 aliphatic carbocycles. The third-order valence-electron chi connectivity index (χ3n) is 5.10. The summed E-state index contributed by atoms with van der Waals surface area (Å²) in [7, 11) is 0. The Labute approximate surface area is 137 Å². The maximum atomic E-state index is 10.1. The fraction of sp³-hybridized carbons (Fsp3) is 0.789. The van der Waals surface area contributed by atoms with Gasteiger partial charge in [-0.1, -0.05) is 44.6 Å². The summed E-state index contributed by atoms with van der Waals surface area (Å²) in [6.07, 6.45) is 19.2. The van der Waals surface area contributed by atoms with E-state index in [1.807, 2.05) is 19.2 Å². The molecule has 1 heterocycles. The Balaban J connectivity index is 2.06. The van der Waals surface area contributed by atoms with Crippen molar-refractivity contribution in [1.29, 1.82) is 0 Å². The maximum Gasteiger partial charge on any atom is 0.193 e. The first-order valence-corrected chi connectivity index (χ1v) is 9.27. The highest BCUT2D eigenvalue weighted by molar-refractivity contribution is 4.84. The van der Waals surface area contributed by atoms with Crippen molar-refractivity contribution in [3.05, 3.63) is 25.1 Å². The molecule has 1 rings (SSSR count). The van der Waals surface area contributed by atoms with Crippen molar-refractivity contribution in [3.63, 3.8) is 0 Å². The Kier molecular flexibility index (Phi) is 9.49. The van der Waals surface area contributed by atoms with E-state index in [0.717, 1.165) is 13.0 Å². The molecule has 22 heavy (non-hydrogen) atoms. The van der Waals surface area contributed by atoms with Gasteiger partial charge in [-0.3, -0.25) is 4.48 Å². The lowest BCUT2D eigenvalue weighted by atomic mass is 10.1. The van der Waals surface area contributed by atoms with Crippen molar-refractivity contribution < 1.29 is 9.59 Å². The standard InChI is InChI=1S/C19H37N2O/c1-4-6-7-8-9-10-11-12-13-14-15-19-20-16-17-21(19,5-2)18(3)22/h4,16-20,22H,1,5-15H2,2-3H3/q+1. The lowest BCUT2D eigenvalue weighted by Crippen LogP contribution is -2.57. The lowest BCUT2D eigenvalue weighted by Gasteiger charge is -2.39. The van der Waals surface area contributed by atoms with E-state index in [0.29, 0.717) is 10.6 Å². The monoisotopic (exact) mass is 309 g/mol. The molecular weight excluding hydrogens is 272 g/mol. The Morgan fingerprint density at radius 2 is 1.73 bits per heavy atom. The van der Waals surface area contributed by atoms with Crippen LogP contribution in [0.1, 0.15) is 78.1 Å². The zero-order chi connectivity index (χ0) is 16.3. The van der Waals surface area contributed by atoms with Crippen molar-refractivity contribution in [3.8, 4) is 0 Å². The highest BCUT2D eigenvalue weighted by Crippen LogP contribution is 2.25. The van der Waals surface area contributed by atoms with E-state index in [1.54, 1.807) is 0 Å². The smallest absolute Gasteiger partial charge is 0.193 e. The van der Waals surface area contributed by atoms with Gasteiger partial charge in [-0.05, 0) is 26.2 Å². The van der Waals surface area contributed by atoms with Gasteiger partial charge in [0.2, 0.25) is 0 Å². The van der Waals surface area contributed by atoms with Crippen LogP contribution in [0.3, 0.4) is 0 Å². The van der Waals surface area contributed by atoms with E-state index in [1.165, 1.54) is 57.8 Å². The van der Waals surface area contributed by atoms with Crippen LogP contribution < -0.4 is 5.32 Å². The number of nitrogens with one attached hydrogen (secondary N) is 1. The van der Waals surface area contributed by atoms with Gasteiger partial charge in [-0.2, -0.15) is 0 Å². The van der Waals surface area contributed by atoms with Gasteiger partial charge in [0.1, 0.15) is 6.20 Å². The van der Waals surface area contributed by atoms with E-state index in [2.05, 4.69) is 25.0 Å². The Bertz CT molecular complexity index is 327. The van der Waals surface area contributed by atoms with Gasteiger partial charge in [0.25, 0.3) is 0 Å². The highest BCUT2D eigenvalue weighted by Gasteiger charge is 2.40. The summed E-state index contributed by atoms with van der Waals surface area (Å²) in [4.78, 5) is 0. The van der Waals surface area contributed by atoms with Gasteiger partial charge in [0.05, 0.1) is 12.7 Å². The molecule has 0 saturated heterocycles. The lowest BCUT2D eigenvalue weighted by molar-refractivity contribution is -0.942. The van der Waals surface area contributed by atoms with Crippen LogP contribution in [0.2, 0.25) is 0 Å². The molecule has 0 bridgehead atoms. The second kappa shape index (κ2) is 10.8. The van der Waals surface area contributed by atoms with Gasteiger partial charge in [0.15, 0.2) is 12.4 Å². The van der Waals surface area contributed by atoms with Gasteiger partial charge in [-0.25, -0.2) is 0 Å². The third-order valence-corrected chi connectivity index (χ3v) is 5.10. The van der Waals surface area contributed by atoms with Crippen molar-refractivity contribution in [2.75, 3.05) is 6.54 Å². The summed E-state index contributed by atoms with van der Waals surface area (Å²) >= 11 is 0. The van der Waals surface area contributed by atoms with Crippen LogP contribution in [0.5, 0.6) is 0 Å². The molecule has 3 atom stereocenters. The van der Waals surface area contributed by atoms with Crippen LogP contribution >= 0.6 is 0 Å². The summed E-state index contributed by atoms with van der Waals surface area (Å²) in [6, 6.07) is 0. The van der Waals surface area contributed by atoms with Crippen LogP contribution in [-0.2, 0) is 0 Å². The number of quaternary nitrogens is 1. The second-order valence-electron chi connectivity index (χ2n) is 6.64. The topological polar surface area (TPSA) is 32.3 Å². The van der Waals surface area contributed by atoms with Crippen LogP contribution in [0.25, 0.3) is 0 Å². The Morgan fingerprint density at radius 3 is 2.27 bits per heavy atom. The quantitative estimate of drug-likeness (QED) is 0.295. The number of hydrogen-bond donors (Lipinski definition) is 2. The SMILES string of the molecule is C=CCCCCCCCCCCC1NC=C[N+]1(CC)C(C)O. The van der Waals surface area contributed by atoms with Crippen molar-refractivity contribution >= 4 is 0 Å². The fourth-order valence-electron chi connectivity index (χ4n) is 3.52. The molecule has 0 fully saturated rings. The molecule has 0 saturated carbocycles. The first-order valence-electron chi connectivity index (χ1n) is 9.27. The first kappa shape index (κ1) is 19.2. The van der Waals surface area contributed by atoms with Crippen LogP contribution in [0.15, 0.2) is 25.1 Å². The molecule has 3 unspecified atom stereocenters. The Hall–Kier alpha value is -0.800. The average Bonchev–Trinajstić information content (AvgIpc) is 2.93. The molecule has 0 amide bonds. The van der Waals surface area contributed by atoms with E-state index in [4.69, 9.17) is 0 Å². The first-order chi connectivity index (χ1) is 10.7. The minimum absolute atomic E-state index is 0.336. The normalized spacial score (nSPS) is 25.1. The number of allylic oxidation sites excluding steroid dienone is 1. The zero-order valence-corrected chi connectivity index (χ0v) is 14.8. The van der Waals surface area contributed by atoms with Crippen molar-refractivity contribution in [2.24, 2.45) is 0 Å². The maximum absolute atomic E-state index is 10.1. The van der Waals surface area contributed by atoms with Gasteiger partial charge < -0.3 is 10.4 Å². The summed E-state index contributed by atoms with van der Waals surface area (Å²) < 4.78 is 0.670. The van der Waals surface area contributed by atoms with Crippen molar-refractivity contribution in [2.45, 2.75) is 90.4 Å². The van der Waals surface area contributed by atoms with Gasteiger partial charge in [0, 0.05) is 13.3 Å². The number of hydrogen-bond acceptors (Lipinski definition) is 2. The molecule has 0 aromatic rings. The van der Waals surface area contributed by atoms with E-state index in [-0.39, 0.29) is 6.23 Å². The summed E-state index contributed by atoms with van der Waals surface area (Å²) in [6.45, 7) is 8.76. The largest absolute Gasteiger partial charge is 0.345 e. The number of rotatable bonds is 13. The number of unbranched alkanes of at least 4 members (excludes halogenated alkanes) is 8. The summed E-state index contributed by atoms with van der Waals surface area (Å²) in [5.74, 6) is 0. The number of aliphatic hydroxyl groups excluding tert-OH is 1.